The number of rotatable bonds is 1. The molecule has 4 nitrogen and oxygen atoms in total. The Morgan fingerprint density at radius 3 is 3.06 bits per heavy atom. The van der Waals surface area contributed by atoms with Crippen LogP contribution in [0.25, 0.3) is 0 Å². The molecule has 17 heavy (non-hydrogen) atoms. The zero-order chi connectivity index (χ0) is 12.4. The van der Waals surface area contributed by atoms with Gasteiger partial charge in [-0.2, -0.15) is 5.26 Å². The second kappa shape index (κ2) is 4.91. The first-order valence-electron chi connectivity index (χ1n) is 5.61. The van der Waals surface area contributed by atoms with Crippen LogP contribution >= 0.6 is 11.6 Å². The lowest BCUT2D eigenvalue weighted by molar-refractivity contribution is 0.0969. The molecule has 1 saturated heterocycles. The number of nitriles is 1. The highest BCUT2D eigenvalue weighted by Gasteiger charge is 2.26. The first kappa shape index (κ1) is 12.2. The first-order valence-corrected chi connectivity index (χ1v) is 5.99. The van der Waals surface area contributed by atoms with E-state index < -0.39 is 0 Å². The third kappa shape index (κ3) is 2.36. The fourth-order valence-corrected chi connectivity index (χ4v) is 2.34. The number of pyridine rings is 1. The molecule has 1 aliphatic heterocycles. The van der Waals surface area contributed by atoms with Crippen molar-refractivity contribution >= 4 is 17.4 Å². The smallest absolute Gasteiger partial charge is 0.148 e. The molecule has 2 rings (SSSR count). The summed E-state index contributed by atoms with van der Waals surface area (Å²) in [6.07, 6.45) is 2.04. The van der Waals surface area contributed by atoms with Crippen LogP contribution in [0.1, 0.15) is 18.9 Å². The number of hydrogen-bond acceptors (Lipinski definition) is 4. The van der Waals surface area contributed by atoms with E-state index in [4.69, 9.17) is 16.9 Å². The van der Waals surface area contributed by atoms with Crippen LogP contribution in [0.3, 0.4) is 0 Å². The number of piperidine rings is 1. The standard InChI is InChI=1S/C12H14ClN3O/c1-8-7-16(5-3-10(8)17)12-11(13)9(6-14)2-4-15-12/h2,4,8,10,17H,3,5,7H2,1H3. The van der Waals surface area contributed by atoms with Crippen molar-refractivity contribution in [1.82, 2.24) is 4.98 Å². The van der Waals surface area contributed by atoms with Gasteiger partial charge in [-0.25, -0.2) is 4.98 Å². The van der Waals surface area contributed by atoms with E-state index in [-0.39, 0.29) is 12.0 Å². The molecule has 1 fully saturated rings. The van der Waals surface area contributed by atoms with Gasteiger partial charge in [-0.05, 0) is 18.4 Å². The van der Waals surface area contributed by atoms with E-state index in [1.807, 2.05) is 17.9 Å². The minimum Gasteiger partial charge on any atom is -0.393 e. The number of anilines is 1. The van der Waals surface area contributed by atoms with Crippen LogP contribution < -0.4 is 4.90 Å². The fourth-order valence-electron chi connectivity index (χ4n) is 2.07. The summed E-state index contributed by atoms with van der Waals surface area (Å²) in [6.45, 7) is 3.43. The minimum absolute atomic E-state index is 0.187. The summed E-state index contributed by atoms with van der Waals surface area (Å²) in [4.78, 5) is 6.26. The van der Waals surface area contributed by atoms with E-state index in [1.165, 1.54) is 0 Å². The predicted molar refractivity (Wildman–Crippen MR) is 66.0 cm³/mol. The summed E-state index contributed by atoms with van der Waals surface area (Å²) in [6, 6.07) is 3.65. The zero-order valence-electron chi connectivity index (χ0n) is 9.60. The largest absolute Gasteiger partial charge is 0.393 e. The van der Waals surface area contributed by atoms with Gasteiger partial charge in [0.25, 0.3) is 0 Å². The van der Waals surface area contributed by atoms with Gasteiger partial charge >= 0.3 is 0 Å². The molecule has 0 aliphatic carbocycles. The third-order valence-corrected chi connectivity index (χ3v) is 3.52. The number of nitrogens with zero attached hydrogens (tertiary/aromatic N) is 3. The van der Waals surface area contributed by atoms with E-state index in [0.29, 0.717) is 35.9 Å². The summed E-state index contributed by atoms with van der Waals surface area (Å²) in [5.41, 5.74) is 0.440. The van der Waals surface area contributed by atoms with Gasteiger partial charge in [0, 0.05) is 19.3 Å². The van der Waals surface area contributed by atoms with Crippen LogP contribution in [0, 0.1) is 17.2 Å². The molecule has 1 aliphatic rings. The average molecular weight is 252 g/mol. The van der Waals surface area contributed by atoms with Crippen LogP contribution in [0.15, 0.2) is 12.3 Å². The Balaban J connectivity index is 2.27. The highest BCUT2D eigenvalue weighted by atomic mass is 35.5. The SMILES string of the molecule is CC1CN(c2nccc(C#N)c2Cl)CCC1O. The molecule has 5 heteroatoms. The average Bonchev–Trinajstić information content (AvgIpc) is 2.33. The zero-order valence-corrected chi connectivity index (χ0v) is 10.4. The van der Waals surface area contributed by atoms with Crippen molar-refractivity contribution in [3.8, 4) is 6.07 Å². The molecule has 0 saturated carbocycles. The minimum atomic E-state index is -0.260. The lowest BCUT2D eigenvalue weighted by Crippen LogP contribution is -2.42. The van der Waals surface area contributed by atoms with Crippen molar-refractivity contribution in [2.24, 2.45) is 5.92 Å². The molecule has 0 aromatic carbocycles. The summed E-state index contributed by atoms with van der Waals surface area (Å²) in [5, 5.41) is 19.0. The van der Waals surface area contributed by atoms with Crippen LogP contribution in [0.2, 0.25) is 5.02 Å². The molecule has 1 N–H and O–H groups in total. The summed E-state index contributed by atoms with van der Waals surface area (Å²) in [7, 11) is 0. The highest BCUT2D eigenvalue weighted by molar-refractivity contribution is 6.34. The molecule has 90 valence electrons. The fraction of sp³-hybridized carbons (Fsp3) is 0.500. The van der Waals surface area contributed by atoms with Crippen LogP contribution in [0.4, 0.5) is 5.82 Å². The molecule has 2 atom stereocenters. The second-order valence-corrected chi connectivity index (χ2v) is 4.77. The van der Waals surface area contributed by atoms with Crippen molar-refractivity contribution in [2.75, 3.05) is 18.0 Å². The number of halogens is 1. The second-order valence-electron chi connectivity index (χ2n) is 4.39. The Kier molecular flexibility index (Phi) is 3.51. The van der Waals surface area contributed by atoms with E-state index in [9.17, 15) is 5.11 Å². The molecule has 1 aromatic rings. The number of aliphatic hydroxyl groups excluding tert-OH is 1. The predicted octanol–water partition coefficient (Wildman–Crippen LogP) is 1.81. The lowest BCUT2D eigenvalue weighted by atomic mass is 9.97. The van der Waals surface area contributed by atoms with Gasteiger partial charge in [-0.3, -0.25) is 0 Å². The van der Waals surface area contributed by atoms with Crippen molar-refractivity contribution in [3.63, 3.8) is 0 Å². The summed E-state index contributed by atoms with van der Waals surface area (Å²) < 4.78 is 0. The van der Waals surface area contributed by atoms with Crippen molar-refractivity contribution in [1.29, 1.82) is 5.26 Å². The number of aliphatic hydroxyl groups is 1. The Bertz CT molecular complexity index is 458. The Morgan fingerprint density at radius 1 is 1.65 bits per heavy atom. The van der Waals surface area contributed by atoms with Crippen LogP contribution in [0.5, 0.6) is 0 Å². The summed E-state index contributed by atoms with van der Waals surface area (Å²) in [5.74, 6) is 0.830. The van der Waals surface area contributed by atoms with Gasteiger partial charge < -0.3 is 10.0 Å². The van der Waals surface area contributed by atoms with Gasteiger partial charge in [0.1, 0.15) is 16.9 Å². The van der Waals surface area contributed by atoms with E-state index in [2.05, 4.69) is 4.98 Å². The van der Waals surface area contributed by atoms with Gasteiger partial charge in [0.15, 0.2) is 0 Å². The van der Waals surface area contributed by atoms with E-state index in [0.717, 1.165) is 0 Å². The third-order valence-electron chi connectivity index (χ3n) is 3.15. The topological polar surface area (TPSA) is 60.2 Å². The van der Waals surface area contributed by atoms with E-state index >= 15 is 0 Å². The normalized spacial score (nSPS) is 24.5. The van der Waals surface area contributed by atoms with Gasteiger partial charge in [-0.15, -0.1) is 0 Å². The van der Waals surface area contributed by atoms with Crippen molar-refractivity contribution in [3.05, 3.63) is 22.8 Å². The molecule has 2 heterocycles. The molecule has 0 spiro atoms. The molecule has 0 amide bonds. The first-order chi connectivity index (χ1) is 8.13. The quantitative estimate of drug-likeness (QED) is 0.827. The van der Waals surface area contributed by atoms with Gasteiger partial charge in [0.2, 0.25) is 0 Å². The van der Waals surface area contributed by atoms with Gasteiger partial charge in [0.05, 0.1) is 11.7 Å². The highest BCUT2D eigenvalue weighted by Crippen LogP contribution is 2.29. The Hall–Kier alpha value is -1.31. The lowest BCUT2D eigenvalue weighted by Gasteiger charge is -2.35. The number of hydrogen-bond donors (Lipinski definition) is 1. The molecule has 1 aromatic heterocycles. The number of aromatic nitrogens is 1. The maximum absolute atomic E-state index is 9.68. The van der Waals surface area contributed by atoms with Crippen molar-refractivity contribution < 1.29 is 5.11 Å². The van der Waals surface area contributed by atoms with E-state index in [1.54, 1.807) is 12.3 Å². The molecule has 0 bridgehead atoms. The van der Waals surface area contributed by atoms with Gasteiger partial charge in [-0.1, -0.05) is 18.5 Å². The molecule has 0 radical (unpaired) electrons. The monoisotopic (exact) mass is 251 g/mol. The van der Waals surface area contributed by atoms with Crippen molar-refractivity contribution in [2.45, 2.75) is 19.4 Å². The Labute approximate surface area is 105 Å². The summed E-state index contributed by atoms with van der Waals surface area (Å²) >= 11 is 6.14. The molecular formula is C12H14ClN3O. The Morgan fingerprint density at radius 2 is 2.41 bits per heavy atom. The van der Waals surface area contributed by atoms with Crippen LogP contribution in [-0.4, -0.2) is 29.3 Å². The molecule has 2 unspecified atom stereocenters. The maximum Gasteiger partial charge on any atom is 0.148 e. The maximum atomic E-state index is 9.68. The van der Waals surface area contributed by atoms with Crippen LogP contribution in [-0.2, 0) is 0 Å². The molecular weight excluding hydrogens is 238 g/mol.